The van der Waals surface area contributed by atoms with Crippen molar-refractivity contribution in [2.45, 2.75) is 115 Å². The molecule has 6 atom stereocenters. The van der Waals surface area contributed by atoms with E-state index >= 15 is 0 Å². The molecular formula is C36H51N3O9. The van der Waals surface area contributed by atoms with Gasteiger partial charge in [0, 0.05) is 17.9 Å². The summed E-state index contributed by atoms with van der Waals surface area (Å²) in [6.07, 6.45) is 11.1. The van der Waals surface area contributed by atoms with E-state index in [1.165, 1.54) is 70.0 Å². The maximum atomic E-state index is 14.1. The van der Waals surface area contributed by atoms with Gasteiger partial charge < -0.3 is 36.6 Å². The predicted octanol–water partition coefficient (Wildman–Crippen LogP) is 4.14. The number of ketones is 2. The summed E-state index contributed by atoms with van der Waals surface area (Å²) in [5, 5.41) is 60.0. The fourth-order valence-corrected chi connectivity index (χ4v) is 7.88. The second-order valence-corrected chi connectivity index (χ2v) is 13.8. The number of nitrogens with one attached hydrogen (secondary N) is 1. The van der Waals surface area contributed by atoms with Crippen molar-refractivity contribution >= 4 is 34.8 Å². The van der Waals surface area contributed by atoms with Gasteiger partial charge in [0.15, 0.2) is 11.4 Å². The van der Waals surface area contributed by atoms with E-state index in [9.17, 15) is 44.7 Å². The zero-order chi connectivity index (χ0) is 35.5. The highest BCUT2D eigenvalue weighted by molar-refractivity contribution is 6.24. The van der Waals surface area contributed by atoms with Crippen LogP contribution in [0.3, 0.4) is 0 Å². The van der Waals surface area contributed by atoms with E-state index in [-0.39, 0.29) is 23.6 Å². The molecule has 1 saturated carbocycles. The average molecular weight is 670 g/mol. The van der Waals surface area contributed by atoms with Crippen LogP contribution in [0.5, 0.6) is 5.75 Å². The molecule has 3 aliphatic carbocycles. The van der Waals surface area contributed by atoms with Crippen LogP contribution in [0.25, 0.3) is 5.76 Å². The number of aliphatic hydroxyl groups is 4. The Labute approximate surface area is 281 Å². The van der Waals surface area contributed by atoms with Crippen molar-refractivity contribution in [2.75, 3.05) is 19.4 Å². The first-order valence-electron chi connectivity index (χ1n) is 17.2. The number of benzene rings is 1. The Morgan fingerprint density at radius 3 is 2.04 bits per heavy atom. The fraction of sp³-hybridized carbons (Fsp3) is 0.611. The fourth-order valence-electron chi connectivity index (χ4n) is 7.88. The minimum absolute atomic E-state index is 0.00899. The number of nitrogens with zero attached hydrogens (tertiary/aromatic N) is 1. The molecule has 48 heavy (non-hydrogen) atoms. The molecule has 0 radical (unpaired) electrons. The number of phenolic OH excluding ortho intramolecular Hbond substituents is 1. The average Bonchev–Trinajstić information content (AvgIpc) is 3.02. The third-order valence-corrected chi connectivity index (χ3v) is 10.4. The van der Waals surface area contributed by atoms with Crippen molar-refractivity contribution in [3.05, 3.63) is 40.2 Å². The summed E-state index contributed by atoms with van der Waals surface area (Å²) < 4.78 is 0. The lowest BCUT2D eigenvalue weighted by Gasteiger charge is -2.53. The van der Waals surface area contributed by atoms with E-state index in [0.717, 1.165) is 19.3 Å². The van der Waals surface area contributed by atoms with Gasteiger partial charge in [-0.2, -0.15) is 0 Å². The number of unbranched alkanes of at least 4 members (excludes halogenated alkanes) is 10. The lowest BCUT2D eigenvalue weighted by molar-refractivity contribution is -0.169. The Morgan fingerprint density at radius 1 is 0.938 bits per heavy atom. The van der Waals surface area contributed by atoms with Crippen LogP contribution in [-0.4, -0.2) is 85.7 Å². The van der Waals surface area contributed by atoms with Gasteiger partial charge in [-0.15, -0.1) is 0 Å². The molecule has 6 unspecified atom stereocenters. The van der Waals surface area contributed by atoms with Crippen molar-refractivity contribution in [3.63, 3.8) is 0 Å². The Kier molecular flexibility index (Phi) is 11.8. The van der Waals surface area contributed by atoms with Crippen molar-refractivity contribution in [1.82, 2.24) is 4.90 Å². The molecule has 0 bridgehead atoms. The highest BCUT2D eigenvalue weighted by Crippen LogP contribution is 2.56. The van der Waals surface area contributed by atoms with Gasteiger partial charge in [0.1, 0.15) is 22.8 Å². The number of hydrogen-bond donors (Lipinski definition) is 7. The zero-order valence-corrected chi connectivity index (χ0v) is 28.4. The molecule has 12 heteroatoms. The number of Topliss-reactive ketones (excluding diaryl/α,β-unsaturated/α-hetero) is 2. The van der Waals surface area contributed by atoms with Crippen LogP contribution in [0.4, 0.5) is 5.69 Å². The molecular weight excluding hydrogens is 618 g/mol. The van der Waals surface area contributed by atoms with Crippen LogP contribution in [0.2, 0.25) is 0 Å². The van der Waals surface area contributed by atoms with E-state index in [1.54, 1.807) is 13.0 Å². The van der Waals surface area contributed by atoms with E-state index in [2.05, 4.69) is 12.2 Å². The van der Waals surface area contributed by atoms with E-state index in [0.29, 0.717) is 12.0 Å². The molecule has 0 saturated heterocycles. The van der Waals surface area contributed by atoms with Gasteiger partial charge in [0.25, 0.3) is 5.91 Å². The van der Waals surface area contributed by atoms with Gasteiger partial charge in [-0.25, -0.2) is 0 Å². The summed E-state index contributed by atoms with van der Waals surface area (Å²) in [6.45, 7) is 3.86. The second kappa shape index (κ2) is 15.2. The molecule has 1 fully saturated rings. The van der Waals surface area contributed by atoms with Crippen LogP contribution in [0.1, 0.15) is 108 Å². The normalized spacial score (nSPS) is 26.8. The molecule has 0 heterocycles. The molecule has 1 aromatic carbocycles. The first-order chi connectivity index (χ1) is 22.7. The number of primary amides is 1. The number of aromatic hydroxyl groups is 1. The standard InChI is InChI=1S/C36H51N3O9/c1-5-6-7-8-9-10-11-12-13-14-15-16-22(40)38-21-18-17-20-19(2)23-25(30(42)24(20)29(21)41)33(45)36(48)27(31(23)43)28(39(3)4)32(44)26(34(36)46)35(37)47/h17-19,23,27-28,31,41-43,46,48H,5-16H2,1-4H3,(H2,37,47)(H,38,40). The number of phenols is 1. The molecule has 12 nitrogen and oxygen atoms in total. The van der Waals surface area contributed by atoms with Gasteiger partial charge >= 0.3 is 0 Å². The quantitative estimate of drug-likeness (QED) is 0.0806. The maximum absolute atomic E-state index is 14.1. The predicted molar refractivity (Wildman–Crippen MR) is 180 cm³/mol. The molecule has 2 amide bonds. The highest BCUT2D eigenvalue weighted by Gasteiger charge is 2.68. The number of hydrogen-bond acceptors (Lipinski definition) is 10. The molecule has 1 aromatic rings. The van der Waals surface area contributed by atoms with Gasteiger partial charge in [0.2, 0.25) is 11.7 Å². The van der Waals surface area contributed by atoms with E-state index in [4.69, 9.17) is 5.73 Å². The van der Waals surface area contributed by atoms with E-state index < -0.39 is 81.4 Å². The number of aliphatic hydroxyl groups excluding tert-OH is 3. The van der Waals surface area contributed by atoms with Gasteiger partial charge in [-0.1, -0.05) is 84.1 Å². The van der Waals surface area contributed by atoms with Crippen molar-refractivity contribution < 1.29 is 44.7 Å². The van der Waals surface area contributed by atoms with E-state index in [1.807, 2.05) is 0 Å². The first-order valence-corrected chi connectivity index (χ1v) is 17.2. The molecule has 0 spiro atoms. The molecule has 264 valence electrons. The number of carbonyl (C=O) groups excluding carboxylic acids is 4. The minimum atomic E-state index is -2.99. The van der Waals surface area contributed by atoms with Crippen LogP contribution >= 0.6 is 0 Å². The molecule has 0 aliphatic heterocycles. The first kappa shape index (κ1) is 37.1. The third-order valence-electron chi connectivity index (χ3n) is 10.4. The van der Waals surface area contributed by atoms with Gasteiger partial charge in [-0.3, -0.25) is 24.1 Å². The second-order valence-electron chi connectivity index (χ2n) is 13.8. The third kappa shape index (κ3) is 6.62. The molecule has 8 N–H and O–H groups in total. The summed E-state index contributed by atoms with van der Waals surface area (Å²) in [4.78, 5) is 53.7. The number of rotatable bonds is 15. The minimum Gasteiger partial charge on any atom is -0.508 e. The Balaban J connectivity index is 1.54. The Morgan fingerprint density at radius 2 is 1.50 bits per heavy atom. The summed E-state index contributed by atoms with van der Waals surface area (Å²) in [6, 6.07) is 1.63. The summed E-state index contributed by atoms with van der Waals surface area (Å²) in [5.41, 5.74) is 1.12. The van der Waals surface area contributed by atoms with Gasteiger partial charge in [-0.05, 0) is 38.1 Å². The smallest absolute Gasteiger partial charge is 0.255 e. The lowest BCUT2D eigenvalue weighted by Crippen LogP contribution is -2.70. The number of anilines is 1. The van der Waals surface area contributed by atoms with Crippen LogP contribution in [-0.2, 0) is 19.2 Å². The number of nitrogens with two attached hydrogens (primary N) is 1. The van der Waals surface area contributed by atoms with Crippen molar-refractivity contribution in [2.24, 2.45) is 17.6 Å². The number of carbonyl (C=O) groups is 4. The lowest BCUT2D eigenvalue weighted by atomic mass is 9.54. The number of likely N-dealkylation sites (N-methyl/N-ethyl adjacent to an activating group) is 1. The Bertz CT molecular complexity index is 1500. The van der Waals surface area contributed by atoms with Gasteiger partial charge in [0.05, 0.1) is 29.3 Å². The van der Waals surface area contributed by atoms with Crippen molar-refractivity contribution in [3.8, 4) is 5.75 Å². The Hall–Kier alpha value is -3.74. The number of fused-ring (bicyclic) bond motifs is 3. The topological polar surface area (TPSA) is 211 Å². The summed E-state index contributed by atoms with van der Waals surface area (Å²) in [5.74, 6) is -9.96. The SMILES string of the molecule is CCCCCCCCCCCCCC(=O)Nc1ccc2c(c1O)C(O)=C1C(=O)C3(O)C(O)=C(C(N)=O)C(=O)C(N(C)C)C3C(O)C1C2C. The van der Waals surface area contributed by atoms with Crippen molar-refractivity contribution in [1.29, 1.82) is 0 Å². The van der Waals surface area contributed by atoms with Crippen LogP contribution < -0.4 is 11.1 Å². The summed E-state index contributed by atoms with van der Waals surface area (Å²) in [7, 11) is 2.91. The maximum Gasteiger partial charge on any atom is 0.255 e. The highest BCUT2D eigenvalue weighted by atomic mass is 16.4. The zero-order valence-electron chi connectivity index (χ0n) is 28.4. The van der Waals surface area contributed by atoms with Crippen LogP contribution in [0.15, 0.2) is 29.0 Å². The molecule has 0 aromatic heterocycles. The largest absolute Gasteiger partial charge is 0.508 e. The molecule has 4 rings (SSSR count). The molecule has 3 aliphatic rings. The van der Waals surface area contributed by atoms with Crippen LogP contribution in [0, 0.1) is 11.8 Å². The summed E-state index contributed by atoms with van der Waals surface area (Å²) >= 11 is 0. The number of amides is 2. The monoisotopic (exact) mass is 669 g/mol.